The van der Waals surface area contributed by atoms with Crippen LogP contribution in [-0.2, 0) is 27.2 Å². The van der Waals surface area contributed by atoms with Crippen LogP contribution in [0.1, 0.15) is 22.1 Å². The van der Waals surface area contributed by atoms with Crippen molar-refractivity contribution in [3.63, 3.8) is 0 Å². The van der Waals surface area contributed by atoms with E-state index in [1.54, 1.807) is 0 Å². The van der Waals surface area contributed by atoms with E-state index in [0.29, 0.717) is 12.6 Å². The molecule has 1 fully saturated rings. The van der Waals surface area contributed by atoms with Crippen LogP contribution in [0.3, 0.4) is 0 Å². The SMILES string of the molecule is O=C(Cc1cccc(C(F)(F)F)c1F)Nc1cnc(-n2cnc([C@@H]3CNCCS3(=O)=O)c2)c(F)c1. The van der Waals surface area contributed by atoms with Crippen LogP contribution in [0.15, 0.2) is 43.0 Å². The molecule has 186 valence electrons. The number of hydrogen-bond donors (Lipinski definition) is 2. The molecule has 3 heterocycles. The molecule has 8 nitrogen and oxygen atoms in total. The Kier molecular flexibility index (Phi) is 6.60. The first kappa shape index (κ1) is 24.7. The minimum Gasteiger partial charge on any atom is -0.324 e. The molecule has 0 saturated carbocycles. The molecule has 1 atom stereocenters. The maximum Gasteiger partial charge on any atom is 0.419 e. The zero-order valence-corrected chi connectivity index (χ0v) is 18.6. The highest BCUT2D eigenvalue weighted by molar-refractivity contribution is 7.91. The van der Waals surface area contributed by atoms with Crippen LogP contribution in [0.2, 0.25) is 0 Å². The van der Waals surface area contributed by atoms with E-state index in [9.17, 15) is 35.2 Å². The highest BCUT2D eigenvalue weighted by Crippen LogP contribution is 2.32. The molecule has 2 aromatic heterocycles. The summed E-state index contributed by atoms with van der Waals surface area (Å²) in [4.78, 5) is 20.2. The Bertz CT molecular complexity index is 1370. The number of nitrogens with one attached hydrogen (secondary N) is 2. The Morgan fingerprint density at radius 2 is 2.00 bits per heavy atom. The zero-order chi connectivity index (χ0) is 25.4. The highest BCUT2D eigenvalue weighted by atomic mass is 32.2. The number of anilines is 1. The molecule has 0 radical (unpaired) electrons. The largest absolute Gasteiger partial charge is 0.419 e. The molecule has 1 amide bonds. The van der Waals surface area contributed by atoms with E-state index in [-0.39, 0.29) is 29.5 Å². The summed E-state index contributed by atoms with van der Waals surface area (Å²) in [6.45, 7) is 0.510. The molecule has 2 N–H and O–H groups in total. The molecule has 0 aliphatic carbocycles. The second-order valence-corrected chi connectivity index (χ2v) is 10.1. The van der Waals surface area contributed by atoms with Crippen molar-refractivity contribution in [2.45, 2.75) is 17.8 Å². The van der Waals surface area contributed by atoms with Gasteiger partial charge in [0, 0.05) is 25.4 Å². The Morgan fingerprint density at radius 1 is 1.23 bits per heavy atom. The summed E-state index contributed by atoms with van der Waals surface area (Å²) in [6.07, 6.45) is -1.98. The molecule has 0 unspecified atom stereocenters. The Morgan fingerprint density at radius 3 is 2.69 bits per heavy atom. The molecule has 1 aromatic carbocycles. The normalized spacial score (nSPS) is 17.8. The molecular formula is C21H18F5N5O3S. The lowest BCUT2D eigenvalue weighted by Crippen LogP contribution is -2.38. The standard InChI is InChI=1S/C21H18F5N5O3S/c22-15-7-13(30-18(32)6-12-2-1-3-14(19(12)23)21(24,25)26)8-28-20(15)31-10-16(29-11-31)17-9-27-4-5-35(17,33)34/h1-3,7-8,10-11,17,27H,4-6,9H2,(H,30,32)/t17-/m0/s1. The number of imidazole rings is 1. The number of nitrogens with zero attached hydrogens (tertiary/aromatic N) is 3. The predicted molar refractivity (Wildman–Crippen MR) is 114 cm³/mol. The molecular weight excluding hydrogens is 497 g/mol. The fourth-order valence-corrected chi connectivity index (χ4v) is 5.20. The average molecular weight is 515 g/mol. The third kappa shape index (κ3) is 5.32. The third-order valence-electron chi connectivity index (χ3n) is 5.34. The lowest BCUT2D eigenvalue weighted by Gasteiger charge is -2.21. The highest BCUT2D eigenvalue weighted by Gasteiger charge is 2.35. The van der Waals surface area contributed by atoms with Gasteiger partial charge in [0.1, 0.15) is 17.4 Å². The molecule has 4 rings (SSSR count). The fraction of sp³-hybridized carbons (Fsp3) is 0.286. The van der Waals surface area contributed by atoms with Gasteiger partial charge in [0.25, 0.3) is 0 Å². The van der Waals surface area contributed by atoms with Crippen molar-refractivity contribution in [1.82, 2.24) is 19.9 Å². The van der Waals surface area contributed by atoms with Gasteiger partial charge in [-0.15, -0.1) is 0 Å². The molecule has 35 heavy (non-hydrogen) atoms. The first-order chi connectivity index (χ1) is 16.5. The number of hydrogen-bond acceptors (Lipinski definition) is 6. The predicted octanol–water partition coefficient (Wildman–Crippen LogP) is 2.80. The van der Waals surface area contributed by atoms with Gasteiger partial charge >= 0.3 is 6.18 Å². The number of aromatic nitrogens is 3. The van der Waals surface area contributed by atoms with Crippen LogP contribution < -0.4 is 10.6 Å². The number of halogens is 5. The molecule has 3 aromatic rings. The van der Waals surface area contributed by atoms with E-state index < -0.39 is 56.4 Å². The van der Waals surface area contributed by atoms with Crippen molar-refractivity contribution >= 4 is 21.4 Å². The van der Waals surface area contributed by atoms with Crippen LogP contribution in [0.25, 0.3) is 5.82 Å². The minimum atomic E-state index is -4.91. The van der Waals surface area contributed by atoms with Crippen LogP contribution in [0, 0.1) is 11.6 Å². The van der Waals surface area contributed by atoms with E-state index in [2.05, 4.69) is 20.6 Å². The van der Waals surface area contributed by atoms with E-state index in [1.165, 1.54) is 17.1 Å². The maximum absolute atomic E-state index is 14.7. The average Bonchev–Trinajstić information content (AvgIpc) is 3.23. The van der Waals surface area contributed by atoms with Gasteiger partial charge in [-0.05, 0) is 11.6 Å². The summed E-state index contributed by atoms with van der Waals surface area (Å²) in [5.41, 5.74) is -1.85. The zero-order valence-electron chi connectivity index (χ0n) is 17.8. The van der Waals surface area contributed by atoms with E-state index in [4.69, 9.17) is 0 Å². The summed E-state index contributed by atoms with van der Waals surface area (Å²) in [6, 6.07) is 3.51. The van der Waals surface area contributed by atoms with Crippen LogP contribution in [0.5, 0.6) is 0 Å². The van der Waals surface area contributed by atoms with Gasteiger partial charge in [-0.2, -0.15) is 13.2 Å². The maximum atomic E-state index is 14.7. The molecule has 0 spiro atoms. The molecule has 1 aliphatic rings. The third-order valence-corrected chi connectivity index (χ3v) is 7.39. The molecule has 1 saturated heterocycles. The quantitative estimate of drug-likeness (QED) is 0.507. The van der Waals surface area contributed by atoms with Gasteiger partial charge in [-0.1, -0.05) is 12.1 Å². The summed E-state index contributed by atoms with van der Waals surface area (Å²) in [5, 5.41) is 4.35. The lowest BCUT2D eigenvalue weighted by molar-refractivity contribution is -0.140. The summed E-state index contributed by atoms with van der Waals surface area (Å²) < 4.78 is 93.1. The summed E-state index contributed by atoms with van der Waals surface area (Å²) >= 11 is 0. The van der Waals surface area contributed by atoms with Gasteiger partial charge in [0.05, 0.1) is 35.3 Å². The first-order valence-corrected chi connectivity index (χ1v) is 11.9. The fourth-order valence-electron chi connectivity index (χ4n) is 3.63. The first-order valence-electron chi connectivity index (χ1n) is 10.2. The molecule has 1 aliphatic heterocycles. The monoisotopic (exact) mass is 515 g/mol. The van der Waals surface area contributed by atoms with Gasteiger partial charge in [0.15, 0.2) is 21.5 Å². The van der Waals surface area contributed by atoms with Gasteiger partial charge < -0.3 is 10.6 Å². The number of benzene rings is 1. The lowest BCUT2D eigenvalue weighted by atomic mass is 10.1. The van der Waals surface area contributed by atoms with Gasteiger partial charge in [0.2, 0.25) is 5.91 Å². The van der Waals surface area contributed by atoms with Gasteiger partial charge in [-0.25, -0.2) is 27.2 Å². The number of pyridine rings is 1. The van der Waals surface area contributed by atoms with E-state index >= 15 is 0 Å². The summed E-state index contributed by atoms with van der Waals surface area (Å²) in [5.74, 6) is -3.58. The second kappa shape index (κ2) is 9.34. The topological polar surface area (TPSA) is 106 Å². The van der Waals surface area contributed by atoms with Gasteiger partial charge in [-0.3, -0.25) is 9.36 Å². The molecule has 0 bridgehead atoms. The molecule has 14 heteroatoms. The van der Waals surface area contributed by atoms with E-state index in [1.807, 2.05) is 0 Å². The summed E-state index contributed by atoms with van der Waals surface area (Å²) in [7, 11) is -3.40. The van der Waals surface area contributed by atoms with Crippen LogP contribution in [0.4, 0.5) is 27.6 Å². The van der Waals surface area contributed by atoms with Crippen molar-refractivity contribution in [1.29, 1.82) is 0 Å². The van der Waals surface area contributed by atoms with Crippen molar-refractivity contribution < 1.29 is 35.2 Å². The minimum absolute atomic E-state index is 0.0457. The Labute approximate surface area is 196 Å². The van der Waals surface area contributed by atoms with Crippen molar-refractivity contribution in [3.8, 4) is 5.82 Å². The van der Waals surface area contributed by atoms with E-state index in [0.717, 1.165) is 24.4 Å². The second-order valence-electron chi connectivity index (χ2n) is 7.80. The van der Waals surface area contributed by atoms with Crippen molar-refractivity contribution in [3.05, 3.63) is 71.4 Å². The van der Waals surface area contributed by atoms with Crippen LogP contribution >= 0.6 is 0 Å². The number of carbonyl (C=O) groups is 1. The Balaban J connectivity index is 1.48. The van der Waals surface area contributed by atoms with Crippen molar-refractivity contribution in [2.24, 2.45) is 0 Å². The number of sulfone groups is 1. The number of alkyl halides is 3. The number of amides is 1. The number of rotatable bonds is 5. The van der Waals surface area contributed by atoms with Crippen molar-refractivity contribution in [2.75, 3.05) is 24.2 Å². The number of carbonyl (C=O) groups excluding carboxylic acids is 1. The smallest absolute Gasteiger partial charge is 0.324 e. The van der Waals surface area contributed by atoms with Crippen LogP contribution in [-0.4, -0.2) is 47.7 Å². The Hall–Kier alpha value is -3.39.